The average molecular weight is 390 g/mol. The number of hydrogen-bond donors (Lipinski definition) is 1. The topological polar surface area (TPSA) is 46.9 Å². The van der Waals surface area contributed by atoms with Crippen LogP contribution in [-0.2, 0) is 24.2 Å². The first-order chi connectivity index (χ1) is 14.3. The molecule has 0 bridgehead atoms. The third kappa shape index (κ3) is 5.47. The van der Waals surface area contributed by atoms with Crippen LogP contribution in [0.4, 0.5) is 0 Å². The highest BCUT2D eigenvalue weighted by Gasteiger charge is 2.28. The summed E-state index contributed by atoms with van der Waals surface area (Å²) in [6.07, 6.45) is 8.64. The van der Waals surface area contributed by atoms with Gasteiger partial charge in [0.25, 0.3) is 0 Å². The van der Waals surface area contributed by atoms with Crippen LogP contribution in [0, 0.1) is 5.92 Å². The summed E-state index contributed by atoms with van der Waals surface area (Å²) in [5, 5.41) is 3.06. The Morgan fingerprint density at radius 3 is 2.55 bits per heavy atom. The third-order valence-electron chi connectivity index (χ3n) is 5.75. The molecule has 1 saturated carbocycles. The highest BCUT2D eigenvalue weighted by atomic mass is 16.2. The van der Waals surface area contributed by atoms with E-state index in [9.17, 15) is 4.79 Å². The molecule has 1 aliphatic rings. The Balaban J connectivity index is 1.29. The molecule has 0 unspecified atom stereocenters. The number of nitrogens with zero attached hydrogens (tertiary/aromatic N) is 2. The van der Waals surface area contributed by atoms with Gasteiger partial charge in [-0.25, -0.2) is 4.98 Å². The van der Waals surface area contributed by atoms with Gasteiger partial charge >= 0.3 is 0 Å². The van der Waals surface area contributed by atoms with E-state index in [0.29, 0.717) is 5.92 Å². The van der Waals surface area contributed by atoms with Gasteiger partial charge in [0.1, 0.15) is 5.82 Å². The van der Waals surface area contributed by atoms with E-state index in [0.717, 1.165) is 70.0 Å². The van der Waals surface area contributed by atoms with Gasteiger partial charge in [-0.1, -0.05) is 48.9 Å². The zero-order chi connectivity index (χ0) is 19.9. The number of carbonyl (C=O) groups excluding carboxylic acids is 1. The van der Waals surface area contributed by atoms with Crippen LogP contribution >= 0.6 is 0 Å². The molecular formula is C25H31N3O. The number of fused-ring (bicyclic) bond motifs is 1. The molecule has 1 aliphatic carbocycles. The van der Waals surface area contributed by atoms with Crippen molar-refractivity contribution in [1.82, 2.24) is 14.9 Å². The molecule has 29 heavy (non-hydrogen) atoms. The fourth-order valence-corrected chi connectivity index (χ4v) is 3.94. The first kappa shape index (κ1) is 19.7. The molecule has 4 nitrogen and oxygen atoms in total. The van der Waals surface area contributed by atoms with Gasteiger partial charge in [0, 0.05) is 25.4 Å². The fraction of sp³-hybridized carbons (Fsp3) is 0.440. The van der Waals surface area contributed by atoms with Gasteiger partial charge in [-0.05, 0) is 56.2 Å². The summed E-state index contributed by atoms with van der Waals surface area (Å²) in [4.78, 5) is 16.6. The second-order valence-corrected chi connectivity index (χ2v) is 8.13. The molecule has 3 aromatic rings. The minimum Gasteiger partial charge on any atom is -0.356 e. The summed E-state index contributed by atoms with van der Waals surface area (Å²) >= 11 is 0. The largest absolute Gasteiger partial charge is 0.356 e. The number of aromatic nitrogens is 2. The van der Waals surface area contributed by atoms with E-state index in [1.54, 1.807) is 0 Å². The van der Waals surface area contributed by atoms with Gasteiger partial charge in [-0.15, -0.1) is 0 Å². The Morgan fingerprint density at radius 1 is 0.931 bits per heavy atom. The predicted molar refractivity (Wildman–Crippen MR) is 118 cm³/mol. The Labute approximate surface area is 173 Å². The van der Waals surface area contributed by atoms with Crippen molar-refractivity contribution in [2.24, 2.45) is 5.92 Å². The van der Waals surface area contributed by atoms with E-state index in [-0.39, 0.29) is 5.91 Å². The molecule has 2 aromatic carbocycles. The van der Waals surface area contributed by atoms with E-state index in [2.05, 4.69) is 64.5 Å². The first-order valence-electron chi connectivity index (χ1n) is 11.1. The lowest BCUT2D eigenvalue weighted by Crippen LogP contribution is -2.25. The van der Waals surface area contributed by atoms with Crippen LogP contribution in [0.5, 0.6) is 0 Å². The van der Waals surface area contributed by atoms with Gasteiger partial charge < -0.3 is 9.88 Å². The molecular weight excluding hydrogens is 358 g/mol. The van der Waals surface area contributed by atoms with Crippen molar-refractivity contribution in [1.29, 1.82) is 0 Å². The maximum atomic E-state index is 11.7. The maximum Gasteiger partial charge on any atom is 0.223 e. The number of nitrogens with one attached hydrogen (secondary N) is 1. The average Bonchev–Trinajstić information content (AvgIpc) is 3.55. The van der Waals surface area contributed by atoms with Gasteiger partial charge in [-0.3, -0.25) is 4.79 Å². The summed E-state index contributed by atoms with van der Waals surface area (Å²) in [7, 11) is 0. The highest BCUT2D eigenvalue weighted by molar-refractivity contribution is 5.80. The minimum absolute atomic E-state index is 0.255. The Bertz CT molecular complexity index is 928. The van der Waals surface area contributed by atoms with Crippen molar-refractivity contribution in [3.63, 3.8) is 0 Å². The maximum absolute atomic E-state index is 11.7. The fourth-order valence-electron chi connectivity index (χ4n) is 3.94. The number of benzene rings is 2. The standard InChI is InChI=1S/C25H31N3O/c29-25(21-16-17-21)26-18-8-2-5-15-24-27-22-13-6-7-14-23(22)28(24)19-9-12-20-10-3-1-4-11-20/h1,3-4,6-7,10-11,13-14,21H,2,5,8-9,12,15-19H2,(H,26,29). The van der Waals surface area contributed by atoms with Crippen LogP contribution in [-0.4, -0.2) is 22.0 Å². The number of unbranched alkanes of at least 4 members (excludes halogenated alkanes) is 2. The number of rotatable bonds is 11. The zero-order valence-corrected chi connectivity index (χ0v) is 17.1. The van der Waals surface area contributed by atoms with E-state index >= 15 is 0 Å². The molecule has 1 heterocycles. The summed E-state index contributed by atoms with van der Waals surface area (Å²) < 4.78 is 2.41. The van der Waals surface area contributed by atoms with Crippen molar-refractivity contribution in [2.45, 2.75) is 57.9 Å². The normalized spacial score (nSPS) is 13.7. The number of hydrogen-bond acceptors (Lipinski definition) is 2. The summed E-state index contributed by atoms with van der Waals surface area (Å²) in [6, 6.07) is 19.2. The van der Waals surface area contributed by atoms with Crippen LogP contribution in [0.3, 0.4) is 0 Å². The van der Waals surface area contributed by atoms with Crippen molar-refractivity contribution in [3.05, 3.63) is 66.0 Å². The lowest BCUT2D eigenvalue weighted by atomic mass is 10.1. The number of aryl methyl sites for hydroxylation is 3. The monoisotopic (exact) mass is 389 g/mol. The van der Waals surface area contributed by atoms with Gasteiger partial charge in [0.15, 0.2) is 0 Å². The number of amides is 1. The van der Waals surface area contributed by atoms with E-state index in [4.69, 9.17) is 4.98 Å². The van der Waals surface area contributed by atoms with Gasteiger partial charge in [0.05, 0.1) is 11.0 Å². The number of carbonyl (C=O) groups is 1. The molecule has 152 valence electrons. The molecule has 4 rings (SSSR count). The van der Waals surface area contributed by atoms with Crippen molar-refractivity contribution < 1.29 is 4.79 Å². The SMILES string of the molecule is O=C(NCCCCCc1nc2ccccc2n1CCCc1ccccc1)C1CC1. The van der Waals surface area contributed by atoms with E-state index < -0.39 is 0 Å². The molecule has 0 saturated heterocycles. The Hall–Kier alpha value is -2.62. The molecule has 1 N–H and O–H groups in total. The molecule has 0 radical (unpaired) electrons. The number of imidazole rings is 1. The zero-order valence-electron chi connectivity index (χ0n) is 17.1. The second-order valence-electron chi connectivity index (χ2n) is 8.13. The van der Waals surface area contributed by atoms with Crippen LogP contribution in [0.1, 0.15) is 49.9 Å². The molecule has 1 aromatic heterocycles. The second kappa shape index (κ2) is 9.73. The van der Waals surface area contributed by atoms with Crippen molar-refractivity contribution >= 4 is 16.9 Å². The van der Waals surface area contributed by atoms with E-state index in [1.165, 1.54) is 16.9 Å². The number of para-hydroxylation sites is 2. The summed E-state index contributed by atoms with van der Waals surface area (Å²) in [5.41, 5.74) is 3.73. The molecule has 0 spiro atoms. The highest BCUT2D eigenvalue weighted by Crippen LogP contribution is 2.28. The van der Waals surface area contributed by atoms with Crippen LogP contribution in [0.15, 0.2) is 54.6 Å². The quantitative estimate of drug-likeness (QED) is 0.474. The summed E-state index contributed by atoms with van der Waals surface area (Å²) in [6.45, 7) is 1.81. The first-order valence-corrected chi connectivity index (χ1v) is 11.1. The third-order valence-corrected chi connectivity index (χ3v) is 5.75. The molecule has 0 aliphatic heterocycles. The molecule has 0 atom stereocenters. The lowest BCUT2D eigenvalue weighted by molar-refractivity contribution is -0.122. The lowest BCUT2D eigenvalue weighted by Gasteiger charge is -2.10. The van der Waals surface area contributed by atoms with Crippen molar-refractivity contribution in [2.75, 3.05) is 6.54 Å². The van der Waals surface area contributed by atoms with E-state index in [1.807, 2.05) is 0 Å². The van der Waals surface area contributed by atoms with Crippen molar-refractivity contribution in [3.8, 4) is 0 Å². The van der Waals surface area contributed by atoms with Crippen LogP contribution < -0.4 is 5.32 Å². The van der Waals surface area contributed by atoms with Crippen LogP contribution in [0.2, 0.25) is 0 Å². The Morgan fingerprint density at radius 2 is 1.72 bits per heavy atom. The summed E-state index contributed by atoms with van der Waals surface area (Å²) in [5.74, 6) is 1.76. The molecule has 1 amide bonds. The predicted octanol–water partition coefficient (Wildman–Crippen LogP) is 4.91. The molecule has 4 heteroatoms. The molecule has 1 fully saturated rings. The Kier molecular flexibility index (Phi) is 6.60. The smallest absolute Gasteiger partial charge is 0.223 e. The van der Waals surface area contributed by atoms with Gasteiger partial charge in [0.2, 0.25) is 5.91 Å². The van der Waals surface area contributed by atoms with Crippen LogP contribution in [0.25, 0.3) is 11.0 Å². The minimum atomic E-state index is 0.255. The van der Waals surface area contributed by atoms with Gasteiger partial charge in [-0.2, -0.15) is 0 Å².